The predicted octanol–water partition coefficient (Wildman–Crippen LogP) is 3.51. The van der Waals surface area contributed by atoms with Crippen molar-refractivity contribution in [2.75, 3.05) is 0 Å². The van der Waals surface area contributed by atoms with E-state index in [0.29, 0.717) is 5.76 Å². The summed E-state index contributed by atoms with van der Waals surface area (Å²) < 4.78 is 45.7. The van der Waals surface area contributed by atoms with Crippen molar-refractivity contribution in [3.63, 3.8) is 0 Å². The highest BCUT2D eigenvalue weighted by atomic mass is 19.4. The van der Waals surface area contributed by atoms with Gasteiger partial charge in [0.05, 0.1) is 6.26 Å². The minimum atomic E-state index is -4.78. The monoisotopic (exact) mass is 311 g/mol. The molecule has 4 nitrogen and oxygen atoms in total. The Morgan fingerprint density at radius 2 is 2.00 bits per heavy atom. The highest BCUT2D eigenvalue weighted by Gasteiger charge is 2.31. The first kappa shape index (κ1) is 15.7. The van der Waals surface area contributed by atoms with Crippen molar-refractivity contribution in [2.24, 2.45) is 0 Å². The molecule has 0 aliphatic heterocycles. The van der Waals surface area contributed by atoms with Gasteiger partial charge in [-0.3, -0.25) is 4.79 Å². The van der Waals surface area contributed by atoms with Crippen molar-refractivity contribution in [2.45, 2.75) is 12.9 Å². The van der Waals surface area contributed by atoms with Gasteiger partial charge >= 0.3 is 6.36 Å². The topological polar surface area (TPSA) is 51.5 Å². The summed E-state index contributed by atoms with van der Waals surface area (Å²) in [4.78, 5) is 11.6. The lowest BCUT2D eigenvalue weighted by Crippen LogP contribution is -2.22. The van der Waals surface area contributed by atoms with Crippen molar-refractivity contribution in [3.05, 3.63) is 60.1 Å². The third-order valence-corrected chi connectivity index (χ3v) is 2.59. The zero-order valence-corrected chi connectivity index (χ0v) is 11.3. The molecule has 0 radical (unpaired) electrons. The molecule has 1 N–H and O–H groups in total. The average molecular weight is 311 g/mol. The molecular formula is C15H12F3NO3. The van der Waals surface area contributed by atoms with Crippen LogP contribution in [0.25, 0.3) is 6.08 Å². The molecule has 0 saturated heterocycles. The van der Waals surface area contributed by atoms with Gasteiger partial charge in [0, 0.05) is 18.2 Å². The Bertz CT molecular complexity index is 648. The summed E-state index contributed by atoms with van der Waals surface area (Å²) in [5, 5.41) is 2.47. The van der Waals surface area contributed by atoms with E-state index in [1.54, 1.807) is 18.2 Å². The van der Waals surface area contributed by atoms with Crippen LogP contribution in [0, 0.1) is 0 Å². The molecule has 1 aromatic heterocycles. The molecule has 2 rings (SSSR count). The van der Waals surface area contributed by atoms with E-state index in [0.717, 1.165) is 0 Å². The number of hydrogen-bond acceptors (Lipinski definition) is 3. The van der Waals surface area contributed by atoms with Gasteiger partial charge in [0.15, 0.2) is 0 Å². The van der Waals surface area contributed by atoms with E-state index in [9.17, 15) is 18.0 Å². The zero-order valence-electron chi connectivity index (χ0n) is 11.3. The van der Waals surface area contributed by atoms with Gasteiger partial charge in [-0.05, 0) is 24.3 Å². The molecule has 1 heterocycles. The highest BCUT2D eigenvalue weighted by Crippen LogP contribution is 2.26. The molecule has 0 unspecified atom stereocenters. The van der Waals surface area contributed by atoms with Gasteiger partial charge < -0.3 is 14.5 Å². The molecule has 116 valence electrons. The molecule has 0 saturated carbocycles. The van der Waals surface area contributed by atoms with Gasteiger partial charge in [0.25, 0.3) is 0 Å². The Hall–Kier alpha value is -2.70. The summed E-state index contributed by atoms with van der Waals surface area (Å²) in [6.07, 6.45) is -0.638. The maximum absolute atomic E-state index is 12.3. The number of amides is 1. The van der Waals surface area contributed by atoms with Crippen LogP contribution in [0.5, 0.6) is 5.75 Å². The minimum Gasteiger partial charge on any atom is -0.465 e. The van der Waals surface area contributed by atoms with E-state index in [1.807, 2.05) is 0 Å². The molecule has 2 aromatic rings. The summed E-state index contributed by atoms with van der Waals surface area (Å²) >= 11 is 0. The third kappa shape index (κ3) is 5.01. The fraction of sp³-hybridized carbons (Fsp3) is 0.133. The molecule has 22 heavy (non-hydrogen) atoms. The number of rotatable bonds is 5. The third-order valence-electron chi connectivity index (χ3n) is 2.59. The molecule has 0 spiro atoms. The molecule has 0 aliphatic carbocycles. The van der Waals surface area contributed by atoms with Gasteiger partial charge in [-0.2, -0.15) is 0 Å². The van der Waals surface area contributed by atoms with Crippen molar-refractivity contribution < 1.29 is 27.1 Å². The van der Waals surface area contributed by atoms with Crippen LogP contribution in [0.2, 0.25) is 0 Å². The number of carbonyl (C=O) groups is 1. The lowest BCUT2D eigenvalue weighted by atomic mass is 10.2. The van der Waals surface area contributed by atoms with E-state index in [2.05, 4.69) is 10.1 Å². The largest absolute Gasteiger partial charge is 0.573 e. The minimum absolute atomic E-state index is 0.0897. The first-order valence-corrected chi connectivity index (χ1v) is 6.27. The van der Waals surface area contributed by atoms with E-state index in [4.69, 9.17) is 4.42 Å². The van der Waals surface area contributed by atoms with Crippen LogP contribution in [0.4, 0.5) is 13.2 Å². The number of halogens is 3. The summed E-state index contributed by atoms with van der Waals surface area (Å²) in [7, 11) is 0. The Balaban J connectivity index is 1.95. The molecular weight excluding hydrogens is 299 g/mol. The van der Waals surface area contributed by atoms with Crippen molar-refractivity contribution in [1.29, 1.82) is 0 Å². The fourth-order valence-electron chi connectivity index (χ4n) is 1.66. The smallest absolute Gasteiger partial charge is 0.465 e. The highest BCUT2D eigenvalue weighted by molar-refractivity contribution is 5.91. The molecule has 1 amide bonds. The predicted molar refractivity (Wildman–Crippen MR) is 72.7 cm³/mol. The number of furan rings is 1. The van der Waals surface area contributed by atoms with Crippen LogP contribution >= 0.6 is 0 Å². The van der Waals surface area contributed by atoms with Crippen LogP contribution in [0.15, 0.2) is 53.2 Å². The van der Waals surface area contributed by atoms with Crippen LogP contribution in [0.1, 0.15) is 11.3 Å². The van der Waals surface area contributed by atoms with E-state index >= 15 is 0 Å². The van der Waals surface area contributed by atoms with Crippen molar-refractivity contribution in [1.82, 2.24) is 5.32 Å². The maximum Gasteiger partial charge on any atom is 0.573 e. The second-order valence-electron chi connectivity index (χ2n) is 4.22. The average Bonchev–Trinajstić information content (AvgIpc) is 2.96. The molecule has 7 heteroatoms. The fourth-order valence-corrected chi connectivity index (χ4v) is 1.66. The second-order valence-corrected chi connectivity index (χ2v) is 4.22. The van der Waals surface area contributed by atoms with Gasteiger partial charge in [0.2, 0.25) is 5.91 Å². The van der Waals surface area contributed by atoms with Gasteiger partial charge in [-0.1, -0.05) is 18.2 Å². The van der Waals surface area contributed by atoms with Gasteiger partial charge in [-0.15, -0.1) is 13.2 Å². The van der Waals surface area contributed by atoms with Gasteiger partial charge in [-0.25, -0.2) is 0 Å². The van der Waals surface area contributed by atoms with Crippen molar-refractivity contribution >= 4 is 12.0 Å². The SMILES string of the molecule is O=C(/C=C/c1ccco1)NCc1ccccc1OC(F)(F)F. The maximum atomic E-state index is 12.3. The number of hydrogen-bond donors (Lipinski definition) is 1. The first-order chi connectivity index (χ1) is 10.4. The molecule has 0 fully saturated rings. The van der Waals surface area contributed by atoms with E-state index < -0.39 is 12.3 Å². The van der Waals surface area contributed by atoms with Crippen molar-refractivity contribution in [3.8, 4) is 5.75 Å². The molecule has 0 aliphatic rings. The summed E-state index contributed by atoms with van der Waals surface area (Å²) in [5.41, 5.74) is 0.222. The number of nitrogens with one attached hydrogen (secondary N) is 1. The normalized spacial score (nSPS) is 11.6. The number of ether oxygens (including phenoxy) is 1. The Kier molecular flexibility index (Phi) is 4.88. The second kappa shape index (κ2) is 6.84. The number of carbonyl (C=O) groups excluding carboxylic acids is 1. The standard InChI is InChI=1S/C15H12F3NO3/c16-15(17,18)22-13-6-2-1-4-11(13)10-19-14(20)8-7-12-5-3-9-21-12/h1-9H,10H2,(H,19,20)/b8-7+. The molecule has 1 aromatic carbocycles. The number of benzene rings is 1. The summed E-state index contributed by atoms with van der Waals surface area (Å²) in [6, 6.07) is 8.94. The molecule has 0 bridgehead atoms. The lowest BCUT2D eigenvalue weighted by Gasteiger charge is -2.13. The van der Waals surface area contributed by atoms with Crippen LogP contribution in [-0.4, -0.2) is 12.3 Å². The van der Waals surface area contributed by atoms with Crippen LogP contribution < -0.4 is 10.1 Å². The Labute approximate surface area is 124 Å². The van der Waals surface area contributed by atoms with Crippen LogP contribution in [0.3, 0.4) is 0 Å². The number of para-hydroxylation sites is 1. The van der Waals surface area contributed by atoms with E-state index in [-0.39, 0.29) is 17.9 Å². The Morgan fingerprint density at radius 1 is 1.23 bits per heavy atom. The lowest BCUT2D eigenvalue weighted by molar-refractivity contribution is -0.274. The van der Waals surface area contributed by atoms with E-state index in [1.165, 1.54) is 36.6 Å². The quantitative estimate of drug-likeness (QED) is 0.860. The van der Waals surface area contributed by atoms with Crippen LogP contribution in [-0.2, 0) is 11.3 Å². The molecule has 0 atom stereocenters. The number of alkyl halides is 3. The Morgan fingerprint density at radius 3 is 2.68 bits per heavy atom. The summed E-state index contributed by atoms with van der Waals surface area (Å²) in [6.45, 7) is -0.0897. The van der Waals surface area contributed by atoms with Gasteiger partial charge in [0.1, 0.15) is 11.5 Å². The first-order valence-electron chi connectivity index (χ1n) is 6.27. The zero-order chi connectivity index (χ0) is 16.0. The summed E-state index contributed by atoms with van der Waals surface area (Å²) in [5.74, 6) is -0.306.